The average Bonchev–Trinajstić information content (AvgIpc) is 2.94. The average molecular weight is 345 g/mol. The first-order chi connectivity index (χ1) is 12.0. The molecular weight excluding hydrogens is 325 g/mol. The maximum atomic E-state index is 13.4. The molecule has 6 nitrogen and oxygen atoms in total. The van der Waals surface area contributed by atoms with Crippen molar-refractivity contribution in [2.24, 2.45) is 5.92 Å². The Morgan fingerprint density at radius 1 is 1.36 bits per heavy atom. The van der Waals surface area contributed by atoms with E-state index in [0.29, 0.717) is 23.4 Å². The van der Waals surface area contributed by atoms with Gasteiger partial charge >= 0.3 is 0 Å². The van der Waals surface area contributed by atoms with Crippen molar-refractivity contribution in [1.29, 1.82) is 0 Å². The highest BCUT2D eigenvalue weighted by atomic mass is 19.1. The molecule has 0 radical (unpaired) electrons. The summed E-state index contributed by atoms with van der Waals surface area (Å²) in [5.41, 5.74) is 0.152. The number of benzene rings is 1. The molecule has 0 unspecified atom stereocenters. The standard InChI is InChI=1S/C18H20FN3O3/c1-22(2)16-15(11-5-6-25-17(11)16)21-18(24)12-8-14(23)20-13-7-9(19)3-4-10(12)13/h3-4,7-8,11,15-17H,5-6H2,1-2H3,(H,20,23)(H,21,24)/t11-,15+,16-,17-/m1/s1. The molecule has 7 heteroatoms. The fraction of sp³-hybridized carbons (Fsp3) is 0.444. The van der Waals surface area contributed by atoms with Crippen molar-refractivity contribution >= 4 is 16.8 Å². The van der Waals surface area contributed by atoms with Crippen molar-refractivity contribution in [2.45, 2.75) is 24.6 Å². The largest absolute Gasteiger partial charge is 0.376 e. The van der Waals surface area contributed by atoms with Gasteiger partial charge in [-0.05, 0) is 38.7 Å². The summed E-state index contributed by atoms with van der Waals surface area (Å²) in [6.45, 7) is 0.708. The Hall–Kier alpha value is -2.25. The van der Waals surface area contributed by atoms with Crippen molar-refractivity contribution in [3.8, 4) is 0 Å². The van der Waals surface area contributed by atoms with E-state index < -0.39 is 11.4 Å². The Labute approximate surface area is 144 Å². The lowest BCUT2D eigenvalue weighted by molar-refractivity contribution is -0.0664. The number of carbonyl (C=O) groups excluding carboxylic acids is 1. The molecule has 1 saturated carbocycles. The molecule has 2 aromatic rings. The molecule has 2 N–H and O–H groups in total. The molecule has 2 aliphatic rings. The highest BCUT2D eigenvalue weighted by molar-refractivity contribution is 6.06. The van der Waals surface area contributed by atoms with Crippen LogP contribution in [0.15, 0.2) is 29.1 Å². The van der Waals surface area contributed by atoms with Gasteiger partial charge in [-0.2, -0.15) is 0 Å². The molecule has 2 heterocycles. The van der Waals surface area contributed by atoms with Crippen LogP contribution >= 0.6 is 0 Å². The van der Waals surface area contributed by atoms with E-state index in [1.165, 1.54) is 24.3 Å². The zero-order valence-corrected chi connectivity index (χ0v) is 14.1. The van der Waals surface area contributed by atoms with Gasteiger partial charge in [-0.1, -0.05) is 0 Å². The highest BCUT2D eigenvalue weighted by Gasteiger charge is 2.55. The monoisotopic (exact) mass is 345 g/mol. The third-order valence-corrected chi connectivity index (χ3v) is 5.29. The number of hydrogen-bond acceptors (Lipinski definition) is 4. The van der Waals surface area contributed by atoms with Crippen LogP contribution in [0.4, 0.5) is 4.39 Å². The van der Waals surface area contributed by atoms with Crippen molar-refractivity contribution < 1.29 is 13.9 Å². The summed E-state index contributed by atoms with van der Waals surface area (Å²) in [6.07, 6.45) is 1.06. The molecular formula is C18H20FN3O3. The second kappa shape index (κ2) is 5.93. The molecule has 1 aliphatic carbocycles. The number of amides is 1. The predicted octanol–water partition coefficient (Wildman–Crippen LogP) is 1.11. The molecule has 4 atom stereocenters. The zero-order valence-electron chi connectivity index (χ0n) is 14.1. The lowest BCUT2D eigenvalue weighted by Gasteiger charge is -2.50. The van der Waals surface area contributed by atoms with E-state index in [1.807, 2.05) is 14.1 Å². The molecule has 2 fully saturated rings. The molecule has 1 aliphatic heterocycles. The Balaban J connectivity index is 1.65. The topological polar surface area (TPSA) is 74.4 Å². The normalized spacial score (nSPS) is 28.0. The van der Waals surface area contributed by atoms with E-state index in [9.17, 15) is 14.0 Å². The molecule has 1 amide bonds. The number of H-pyrrole nitrogens is 1. The second-order valence-electron chi connectivity index (χ2n) is 6.98. The number of hydrogen-bond donors (Lipinski definition) is 2. The van der Waals surface area contributed by atoms with Crippen LogP contribution in [-0.2, 0) is 4.74 Å². The van der Waals surface area contributed by atoms with Crippen LogP contribution in [0.2, 0.25) is 0 Å². The first-order valence-electron chi connectivity index (χ1n) is 8.37. The Bertz CT molecular complexity index is 895. The molecule has 0 bridgehead atoms. The van der Waals surface area contributed by atoms with E-state index in [2.05, 4.69) is 15.2 Å². The van der Waals surface area contributed by atoms with Crippen LogP contribution in [0.5, 0.6) is 0 Å². The second-order valence-corrected chi connectivity index (χ2v) is 6.98. The van der Waals surface area contributed by atoms with Gasteiger partial charge in [0.2, 0.25) is 5.56 Å². The SMILES string of the molecule is CN(C)[C@@H]1[C@@H](NC(=O)c2cc(=O)[nH]c3cc(F)ccc23)[C@H]2CCO[C@H]21. The number of carbonyl (C=O) groups is 1. The third-order valence-electron chi connectivity index (χ3n) is 5.29. The fourth-order valence-corrected chi connectivity index (χ4v) is 4.13. The molecule has 1 aromatic heterocycles. The van der Waals surface area contributed by atoms with Gasteiger partial charge in [0, 0.05) is 24.0 Å². The molecule has 0 spiro atoms. The van der Waals surface area contributed by atoms with Gasteiger partial charge in [0.05, 0.1) is 29.3 Å². The zero-order chi connectivity index (χ0) is 17.7. The Kier molecular flexibility index (Phi) is 3.85. The Morgan fingerprint density at radius 2 is 2.16 bits per heavy atom. The van der Waals surface area contributed by atoms with Crippen LogP contribution in [-0.4, -0.2) is 54.7 Å². The van der Waals surface area contributed by atoms with E-state index in [4.69, 9.17) is 4.74 Å². The highest BCUT2D eigenvalue weighted by Crippen LogP contribution is 2.41. The number of halogens is 1. The summed E-state index contributed by atoms with van der Waals surface area (Å²) in [4.78, 5) is 29.3. The molecule has 1 aromatic carbocycles. The van der Waals surface area contributed by atoms with Crippen LogP contribution in [0, 0.1) is 11.7 Å². The summed E-state index contributed by atoms with van der Waals surface area (Å²) in [7, 11) is 3.93. The van der Waals surface area contributed by atoms with Crippen LogP contribution in [0.1, 0.15) is 16.8 Å². The molecule has 25 heavy (non-hydrogen) atoms. The lowest BCUT2D eigenvalue weighted by atomic mass is 9.71. The van der Waals surface area contributed by atoms with Crippen LogP contribution in [0.25, 0.3) is 10.9 Å². The van der Waals surface area contributed by atoms with Gasteiger partial charge < -0.3 is 19.9 Å². The maximum absolute atomic E-state index is 13.4. The number of nitrogens with zero attached hydrogens (tertiary/aromatic N) is 1. The molecule has 4 rings (SSSR count). The number of ether oxygens (including phenoxy) is 1. The van der Waals surface area contributed by atoms with Gasteiger partial charge in [0.25, 0.3) is 5.91 Å². The number of fused-ring (bicyclic) bond motifs is 2. The van der Waals surface area contributed by atoms with Crippen LogP contribution < -0.4 is 10.9 Å². The molecule has 132 valence electrons. The van der Waals surface area contributed by atoms with E-state index in [1.54, 1.807) is 0 Å². The number of rotatable bonds is 3. The van der Waals surface area contributed by atoms with Crippen LogP contribution in [0.3, 0.4) is 0 Å². The van der Waals surface area contributed by atoms with Gasteiger partial charge in [0.1, 0.15) is 5.82 Å². The van der Waals surface area contributed by atoms with E-state index >= 15 is 0 Å². The summed E-state index contributed by atoms with van der Waals surface area (Å²) in [5.74, 6) is -0.481. The molecule has 1 saturated heterocycles. The third kappa shape index (κ3) is 2.63. The fourth-order valence-electron chi connectivity index (χ4n) is 4.13. The van der Waals surface area contributed by atoms with Gasteiger partial charge in [-0.3, -0.25) is 9.59 Å². The summed E-state index contributed by atoms with van der Waals surface area (Å²) in [5, 5.41) is 3.59. The predicted molar refractivity (Wildman–Crippen MR) is 91.1 cm³/mol. The number of aromatic nitrogens is 1. The Morgan fingerprint density at radius 3 is 2.92 bits per heavy atom. The first kappa shape index (κ1) is 16.2. The minimum absolute atomic E-state index is 0.0233. The quantitative estimate of drug-likeness (QED) is 0.874. The van der Waals surface area contributed by atoms with E-state index in [-0.39, 0.29) is 29.7 Å². The minimum Gasteiger partial charge on any atom is -0.376 e. The van der Waals surface area contributed by atoms with Crippen molar-refractivity contribution in [2.75, 3.05) is 20.7 Å². The number of nitrogens with one attached hydrogen (secondary N) is 2. The van der Waals surface area contributed by atoms with E-state index in [0.717, 1.165) is 6.42 Å². The summed E-state index contributed by atoms with van der Waals surface area (Å²) >= 11 is 0. The number of aromatic amines is 1. The number of pyridine rings is 1. The van der Waals surface area contributed by atoms with Crippen molar-refractivity contribution in [3.05, 3.63) is 46.0 Å². The van der Waals surface area contributed by atoms with Crippen molar-refractivity contribution in [3.63, 3.8) is 0 Å². The van der Waals surface area contributed by atoms with Gasteiger partial charge in [-0.25, -0.2) is 4.39 Å². The first-order valence-corrected chi connectivity index (χ1v) is 8.37. The van der Waals surface area contributed by atoms with Crippen molar-refractivity contribution in [1.82, 2.24) is 15.2 Å². The summed E-state index contributed by atoms with van der Waals surface area (Å²) < 4.78 is 19.2. The maximum Gasteiger partial charge on any atom is 0.252 e. The van der Waals surface area contributed by atoms with Gasteiger partial charge in [-0.15, -0.1) is 0 Å². The van der Waals surface area contributed by atoms with Gasteiger partial charge in [0.15, 0.2) is 0 Å². The summed E-state index contributed by atoms with van der Waals surface area (Å²) in [6, 6.07) is 5.37. The number of likely N-dealkylation sites (N-methyl/N-ethyl adjacent to an activating group) is 1. The lowest BCUT2D eigenvalue weighted by Crippen LogP contribution is -2.69. The smallest absolute Gasteiger partial charge is 0.252 e. The minimum atomic E-state index is -0.460.